The van der Waals surface area contributed by atoms with E-state index in [0.29, 0.717) is 21.7 Å². The summed E-state index contributed by atoms with van der Waals surface area (Å²) in [5.74, 6) is -5.60. The minimum atomic E-state index is -1.47. The van der Waals surface area contributed by atoms with Gasteiger partial charge in [0.2, 0.25) is 5.91 Å². The fourth-order valence-electron chi connectivity index (χ4n) is 4.77. The minimum Gasteiger partial charge on any atom is -0.481 e. The van der Waals surface area contributed by atoms with Gasteiger partial charge in [0.05, 0.1) is 12.5 Å². The smallest absolute Gasteiger partial charge is 0.305 e. The van der Waals surface area contributed by atoms with E-state index in [4.69, 9.17) is 11.6 Å². The van der Waals surface area contributed by atoms with Crippen LogP contribution in [0.4, 0.5) is 8.78 Å². The Morgan fingerprint density at radius 2 is 1.68 bits per heavy atom. The number of halogens is 3. The number of carboxylic acid groups (broad SMARTS) is 1. The van der Waals surface area contributed by atoms with Gasteiger partial charge in [-0.15, -0.1) is 0 Å². The average Bonchev–Trinajstić information content (AvgIpc) is 2.85. The van der Waals surface area contributed by atoms with E-state index < -0.39 is 53.5 Å². The van der Waals surface area contributed by atoms with Crippen molar-refractivity contribution < 1.29 is 28.3 Å². The summed E-state index contributed by atoms with van der Waals surface area (Å²) in [4.78, 5) is 50.5. The SMILES string of the molecule is Cc1cc(Cl)cc(C)c1-c1cc(F)c(F)c([C@H](CC(=O)O)NC(=O)[C@H](CC(C)C)NC(=O)c2cccn(C)c2=O)c1. The molecular formula is C30H32ClF2N3O5. The largest absolute Gasteiger partial charge is 0.481 e. The maximum Gasteiger partial charge on any atom is 0.305 e. The summed E-state index contributed by atoms with van der Waals surface area (Å²) in [6, 6.07) is 5.80. The quantitative estimate of drug-likeness (QED) is 0.306. The first kappa shape index (κ1) is 31.5. The van der Waals surface area contributed by atoms with Gasteiger partial charge in [0.25, 0.3) is 11.5 Å². The standard InChI is InChI=1S/C30H32ClF2N3O5/c1-15(2)9-24(35-28(39)20-7-6-8-36(5)30(20)41)29(40)34-23(14-25(37)38)21-12-18(13-22(32)27(21)33)26-16(3)10-19(31)11-17(26)4/h6-8,10-13,15,23-24H,9,14H2,1-5H3,(H,34,40)(H,35,39)(H,37,38)/t23-,24-/m0/s1. The molecule has 0 radical (unpaired) electrons. The minimum absolute atomic E-state index is 0.101. The second-order valence-electron chi connectivity index (χ2n) is 10.4. The first-order valence-electron chi connectivity index (χ1n) is 12.9. The van der Waals surface area contributed by atoms with Crippen molar-refractivity contribution in [1.82, 2.24) is 15.2 Å². The molecule has 0 bridgehead atoms. The summed E-state index contributed by atoms with van der Waals surface area (Å²) in [5, 5.41) is 15.1. The number of rotatable bonds is 10. The van der Waals surface area contributed by atoms with Gasteiger partial charge in [-0.2, -0.15) is 0 Å². The predicted molar refractivity (Wildman–Crippen MR) is 152 cm³/mol. The van der Waals surface area contributed by atoms with E-state index in [-0.39, 0.29) is 29.0 Å². The Balaban J connectivity index is 2.01. The van der Waals surface area contributed by atoms with E-state index in [1.807, 2.05) is 0 Å². The van der Waals surface area contributed by atoms with E-state index in [1.54, 1.807) is 39.8 Å². The average molecular weight is 588 g/mol. The number of nitrogens with zero attached hydrogens (tertiary/aromatic N) is 1. The zero-order chi connectivity index (χ0) is 30.6. The fraction of sp³-hybridized carbons (Fsp3) is 0.333. The highest BCUT2D eigenvalue weighted by Gasteiger charge is 2.30. The predicted octanol–water partition coefficient (Wildman–Crippen LogP) is 5.08. The number of benzene rings is 2. The van der Waals surface area contributed by atoms with Crippen LogP contribution in [0.3, 0.4) is 0 Å². The van der Waals surface area contributed by atoms with Crippen molar-refractivity contribution >= 4 is 29.4 Å². The number of hydrogen-bond donors (Lipinski definition) is 3. The molecule has 0 saturated heterocycles. The van der Waals surface area contributed by atoms with Crippen molar-refractivity contribution in [2.24, 2.45) is 13.0 Å². The lowest BCUT2D eigenvalue weighted by Crippen LogP contribution is -2.49. The molecule has 218 valence electrons. The van der Waals surface area contributed by atoms with Crippen LogP contribution in [0.15, 0.2) is 47.4 Å². The zero-order valence-electron chi connectivity index (χ0n) is 23.3. The zero-order valence-corrected chi connectivity index (χ0v) is 24.1. The van der Waals surface area contributed by atoms with Gasteiger partial charge in [-0.05, 0) is 84.8 Å². The molecule has 3 N–H and O–H groups in total. The van der Waals surface area contributed by atoms with Crippen molar-refractivity contribution in [3.05, 3.63) is 91.9 Å². The highest BCUT2D eigenvalue weighted by Crippen LogP contribution is 2.34. The molecule has 0 fully saturated rings. The second kappa shape index (κ2) is 13.1. The summed E-state index contributed by atoms with van der Waals surface area (Å²) in [6.45, 7) is 7.12. The van der Waals surface area contributed by atoms with Crippen molar-refractivity contribution in [3.8, 4) is 11.1 Å². The number of aliphatic carboxylic acids is 1. The molecule has 1 heterocycles. The molecule has 0 spiro atoms. The van der Waals surface area contributed by atoms with Gasteiger partial charge in [-0.1, -0.05) is 25.4 Å². The van der Waals surface area contributed by atoms with Crippen LogP contribution in [-0.4, -0.2) is 33.5 Å². The van der Waals surface area contributed by atoms with Gasteiger partial charge >= 0.3 is 5.97 Å². The number of aromatic nitrogens is 1. The first-order valence-corrected chi connectivity index (χ1v) is 13.3. The molecule has 0 aliphatic rings. The third-order valence-electron chi connectivity index (χ3n) is 6.61. The van der Waals surface area contributed by atoms with Crippen LogP contribution < -0.4 is 16.2 Å². The maximum atomic E-state index is 15.2. The topological polar surface area (TPSA) is 118 Å². The van der Waals surface area contributed by atoms with Crippen LogP contribution >= 0.6 is 11.6 Å². The highest BCUT2D eigenvalue weighted by atomic mass is 35.5. The van der Waals surface area contributed by atoms with E-state index >= 15 is 4.39 Å². The molecule has 0 saturated carbocycles. The third kappa shape index (κ3) is 7.58. The number of pyridine rings is 1. The first-order chi connectivity index (χ1) is 19.2. The van der Waals surface area contributed by atoms with Crippen LogP contribution in [0.1, 0.15) is 59.8 Å². The monoisotopic (exact) mass is 587 g/mol. The Kier molecular flexibility index (Phi) is 10.0. The van der Waals surface area contributed by atoms with Crippen molar-refractivity contribution in [3.63, 3.8) is 0 Å². The number of carbonyl (C=O) groups excluding carboxylic acids is 2. The number of amides is 2. The normalized spacial score (nSPS) is 12.6. The molecule has 1 aromatic heterocycles. The molecule has 0 aliphatic heterocycles. The summed E-state index contributed by atoms with van der Waals surface area (Å²) in [6.07, 6.45) is 0.846. The Morgan fingerprint density at radius 1 is 1.05 bits per heavy atom. The Labute approximate surface area is 241 Å². The number of aryl methyl sites for hydroxylation is 3. The molecule has 2 aromatic carbocycles. The molecule has 0 unspecified atom stereocenters. The maximum absolute atomic E-state index is 15.2. The Hall–Kier alpha value is -4.05. The van der Waals surface area contributed by atoms with Crippen LogP contribution in [-0.2, 0) is 16.6 Å². The van der Waals surface area contributed by atoms with Gasteiger partial charge < -0.3 is 20.3 Å². The Bertz CT molecular complexity index is 1530. The summed E-state index contributed by atoms with van der Waals surface area (Å²) < 4.78 is 31.3. The van der Waals surface area contributed by atoms with E-state index in [0.717, 1.165) is 6.07 Å². The number of hydrogen-bond acceptors (Lipinski definition) is 4. The van der Waals surface area contributed by atoms with Gasteiger partial charge in [0.15, 0.2) is 11.6 Å². The summed E-state index contributed by atoms with van der Waals surface area (Å²) in [5.41, 5.74) is 1.13. The molecule has 11 heteroatoms. The number of carboxylic acids is 1. The van der Waals surface area contributed by atoms with Gasteiger partial charge in [-0.3, -0.25) is 19.2 Å². The molecule has 3 aromatic rings. The molecule has 41 heavy (non-hydrogen) atoms. The van der Waals surface area contributed by atoms with E-state index in [1.165, 1.54) is 36.0 Å². The van der Waals surface area contributed by atoms with Gasteiger partial charge in [0.1, 0.15) is 11.6 Å². The number of carbonyl (C=O) groups is 3. The summed E-state index contributed by atoms with van der Waals surface area (Å²) in [7, 11) is 1.47. The lowest BCUT2D eigenvalue weighted by molar-refractivity contribution is -0.137. The van der Waals surface area contributed by atoms with Crippen molar-refractivity contribution in [2.75, 3.05) is 0 Å². The van der Waals surface area contributed by atoms with Crippen LogP contribution in [0.2, 0.25) is 5.02 Å². The second-order valence-corrected chi connectivity index (χ2v) is 10.9. The third-order valence-corrected chi connectivity index (χ3v) is 6.83. The van der Waals surface area contributed by atoms with Gasteiger partial charge in [-0.25, -0.2) is 8.78 Å². The number of nitrogens with one attached hydrogen (secondary N) is 2. The molecular weight excluding hydrogens is 556 g/mol. The van der Waals surface area contributed by atoms with Crippen LogP contribution in [0.5, 0.6) is 0 Å². The lowest BCUT2D eigenvalue weighted by Gasteiger charge is -2.25. The van der Waals surface area contributed by atoms with E-state index in [9.17, 15) is 28.7 Å². The molecule has 3 rings (SSSR count). The molecule has 8 nitrogen and oxygen atoms in total. The Morgan fingerprint density at radius 3 is 2.27 bits per heavy atom. The fourth-order valence-corrected chi connectivity index (χ4v) is 5.10. The van der Waals surface area contributed by atoms with Crippen LogP contribution in [0, 0.1) is 31.4 Å². The lowest BCUT2D eigenvalue weighted by atomic mass is 9.91. The highest BCUT2D eigenvalue weighted by molar-refractivity contribution is 6.30. The molecule has 2 amide bonds. The van der Waals surface area contributed by atoms with Gasteiger partial charge in [0, 0.05) is 23.8 Å². The van der Waals surface area contributed by atoms with Crippen LogP contribution in [0.25, 0.3) is 11.1 Å². The molecule has 0 aliphatic carbocycles. The summed E-state index contributed by atoms with van der Waals surface area (Å²) >= 11 is 6.12. The van der Waals surface area contributed by atoms with Crippen molar-refractivity contribution in [1.29, 1.82) is 0 Å². The van der Waals surface area contributed by atoms with Crippen molar-refractivity contribution in [2.45, 2.75) is 52.6 Å². The molecule has 2 atom stereocenters. The van der Waals surface area contributed by atoms with E-state index in [2.05, 4.69) is 10.6 Å².